The molecule has 0 atom stereocenters. The Bertz CT molecular complexity index is 261. The molecular formula is C12H23N3O. The van der Waals surface area contributed by atoms with Gasteiger partial charge in [-0.05, 0) is 32.4 Å². The van der Waals surface area contributed by atoms with Crippen molar-refractivity contribution in [2.45, 2.75) is 20.8 Å². The summed E-state index contributed by atoms with van der Waals surface area (Å²) in [6, 6.07) is 0. The number of nitrogens with one attached hydrogen (secondary N) is 2. The minimum atomic E-state index is 0.589. The van der Waals surface area contributed by atoms with Gasteiger partial charge in [-0.15, -0.1) is 0 Å². The normalized spacial score (nSPS) is 10.2. The highest BCUT2D eigenvalue weighted by Gasteiger charge is 1.90. The van der Waals surface area contributed by atoms with Crippen molar-refractivity contribution in [3.8, 4) is 0 Å². The van der Waals surface area contributed by atoms with Gasteiger partial charge >= 0.3 is 0 Å². The van der Waals surface area contributed by atoms with Gasteiger partial charge in [0.25, 0.3) is 0 Å². The van der Waals surface area contributed by atoms with Crippen molar-refractivity contribution < 1.29 is 4.84 Å². The van der Waals surface area contributed by atoms with Crippen molar-refractivity contribution in [1.82, 2.24) is 10.8 Å². The summed E-state index contributed by atoms with van der Waals surface area (Å²) in [6.45, 7) is 8.77. The standard InChI is InChI=1S/C12H23N3O/c1-4-5-12(10-11(2)3)15-16-9-8-14-7-6-13/h4-5,14-15H,6-9,13H2,1-3H3/b5-4-. The topological polar surface area (TPSA) is 59.3 Å². The van der Waals surface area contributed by atoms with Crippen molar-refractivity contribution in [3.05, 3.63) is 29.2 Å². The SMILES string of the molecule is C/C=C\C(=C=C(C)C)NOCCNCCN. The number of nitrogens with two attached hydrogens (primary N) is 1. The first-order valence-electron chi connectivity index (χ1n) is 5.56. The molecule has 0 spiro atoms. The van der Waals surface area contributed by atoms with Crippen molar-refractivity contribution >= 4 is 0 Å². The van der Waals surface area contributed by atoms with Gasteiger partial charge in [-0.3, -0.25) is 10.3 Å². The van der Waals surface area contributed by atoms with E-state index >= 15 is 0 Å². The molecule has 0 amide bonds. The number of allylic oxidation sites excluding steroid dienone is 2. The zero-order chi connectivity index (χ0) is 12.2. The van der Waals surface area contributed by atoms with Gasteiger partial charge in [0.1, 0.15) is 5.70 Å². The summed E-state index contributed by atoms with van der Waals surface area (Å²) in [5.74, 6) is 0. The van der Waals surface area contributed by atoms with Gasteiger partial charge in [-0.2, -0.15) is 0 Å². The smallest absolute Gasteiger partial charge is 0.102 e. The summed E-state index contributed by atoms with van der Waals surface area (Å²) in [6.07, 6.45) is 3.86. The van der Waals surface area contributed by atoms with Gasteiger partial charge in [0, 0.05) is 19.6 Å². The lowest BCUT2D eigenvalue weighted by molar-refractivity contribution is 0.0677. The highest BCUT2D eigenvalue weighted by atomic mass is 16.6. The second-order valence-corrected chi connectivity index (χ2v) is 3.53. The second-order valence-electron chi connectivity index (χ2n) is 3.53. The highest BCUT2D eigenvalue weighted by molar-refractivity contribution is 5.16. The van der Waals surface area contributed by atoms with E-state index in [1.165, 1.54) is 0 Å². The molecule has 16 heavy (non-hydrogen) atoms. The highest BCUT2D eigenvalue weighted by Crippen LogP contribution is 1.93. The molecule has 0 rings (SSSR count). The summed E-state index contributed by atoms with van der Waals surface area (Å²) < 4.78 is 0. The predicted molar refractivity (Wildman–Crippen MR) is 67.7 cm³/mol. The van der Waals surface area contributed by atoms with Crippen LogP contribution in [0.5, 0.6) is 0 Å². The Morgan fingerprint density at radius 3 is 2.69 bits per heavy atom. The first-order chi connectivity index (χ1) is 7.70. The van der Waals surface area contributed by atoms with Gasteiger partial charge in [-0.25, -0.2) is 0 Å². The van der Waals surface area contributed by atoms with Crippen LogP contribution in [-0.2, 0) is 4.84 Å². The molecule has 0 saturated heterocycles. The summed E-state index contributed by atoms with van der Waals surface area (Å²) in [5.41, 5.74) is 13.3. The van der Waals surface area contributed by atoms with Gasteiger partial charge < -0.3 is 11.1 Å². The minimum Gasteiger partial charge on any atom is -0.329 e. The predicted octanol–water partition coefficient (Wildman–Crippen LogP) is 1.08. The number of rotatable bonds is 8. The van der Waals surface area contributed by atoms with E-state index in [1.807, 2.05) is 32.9 Å². The lowest BCUT2D eigenvalue weighted by Crippen LogP contribution is -2.28. The van der Waals surface area contributed by atoms with Crippen LogP contribution in [0.2, 0.25) is 0 Å². The van der Waals surface area contributed by atoms with Gasteiger partial charge in [0.05, 0.1) is 6.61 Å². The van der Waals surface area contributed by atoms with Crippen LogP contribution in [0.3, 0.4) is 0 Å². The quantitative estimate of drug-likeness (QED) is 0.250. The molecule has 0 radical (unpaired) electrons. The molecule has 0 aromatic heterocycles. The van der Waals surface area contributed by atoms with E-state index < -0.39 is 0 Å². The fourth-order valence-corrected chi connectivity index (χ4v) is 1.02. The van der Waals surface area contributed by atoms with Crippen molar-refractivity contribution in [2.24, 2.45) is 5.73 Å². The Labute approximate surface area is 98.2 Å². The first kappa shape index (κ1) is 14.9. The molecule has 0 bridgehead atoms. The van der Waals surface area contributed by atoms with E-state index in [0.717, 1.165) is 24.4 Å². The molecule has 0 aromatic rings. The third kappa shape index (κ3) is 9.49. The molecule has 0 aliphatic heterocycles. The molecule has 0 aliphatic carbocycles. The first-order valence-corrected chi connectivity index (χ1v) is 5.56. The average Bonchev–Trinajstić information content (AvgIpc) is 2.22. The molecule has 0 aliphatic rings. The number of hydrogen-bond donors (Lipinski definition) is 3. The molecule has 0 unspecified atom stereocenters. The molecule has 0 heterocycles. The van der Waals surface area contributed by atoms with Crippen LogP contribution in [0.15, 0.2) is 29.2 Å². The Kier molecular flexibility index (Phi) is 9.76. The van der Waals surface area contributed by atoms with E-state index in [-0.39, 0.29) is 0 Å². The van der Waals surface area contributed by atoms with E-state index in [2.05, 4.69) is 16.5 Å². The molecule has 0 aromatic carbocycles. The van der Waals surface area contributed by atoms with Crippen LogP contribution in [0, 0.1) is 0 Å². The maximum atomic E-state index is 5.34. The zero-order valence-electron chi connectivity index (χ0n) is 10.5. The third-order valence-electron chi connectivity index (χ3n) is 1.60. The van der Waals surface area contributed by atoms with Crippen molar-refractivity contribution in [2.75, 3.05) is 26.2 Å². The van der Waals surface area contributed by atoms with E-state index in [4.69, 9.17) is 10.6 Å². The lowest BCUT2D eigenvalue weighted by atomic mass is 10.3. The maximum absolute atomic E-state index is 5.34. The maximum Gasteiger partial charge on any atom is 0.102 e. The molecule has 0 fully saturated rings. The Balaban J connectivity index is 3.83. The Morgan fingerprint density at radius 1 is 1.38 bits per heavy atom. The summed E-state index contributed by atoms with van der Waals surface area (Å²) in [7, 11) is 0. The van der Waals surface area contributed by atoms with Crippen molar-refractivity contribution in [3.63, 3.8) is 0 Å². The van der Waals surface area contributed by atoms with Crippen molar-refractivity contribution in [1.29, 1.82) is 0 Å². The van der Waals surface area contributed by atoms with Gasteiger partial charge in [-0.1, -0.05) is 11.8 Å². The molecule has 4 nitrogen and oxygen atoms in total. The molecule has 4 N–H and O–H groups in total. The molecule has 4 heteroatoms. The zero-order valence-corrected chi connectivity index (χ0v) is 10.5. The molecular weight excluding hydrogens is 202 g/mol. The summed E-state index contributed by atoms with van der Waals surface area (Å²) in [4.78, 5) is 5.28. The van der Waals surface area contributed by atoms with E-state index in [9.17, 15) is 0 Å². The van der Waals surface area contributed by atoms with Crippen LogP contribution in [0.25, 0.3) is 0 Å². The van der Waals surface area contributed by atoms with E-state index in [0.29, 0.717) is 13.2 Å². The Hall–Kier alpha value is -1.06. The molecule has 92 valence electrons. The van der Waals surface area contributed by atoms with Crippen LogP contribution in [0.1, 0.15) is 20.8 Å². The molecule has 0 saturated carbocycles. The van der Waals surface area contributed by atoms with Crippen LogP contribution in [0.4, 0.5) is 0 Å². The summed E-state index contributed by atoms with van der Waals surface area (Å²) >= 11 is 0. The van der Waals surface area contributed by atoms with Crippen LogP contribution < -0.4 is 16.5 Å². The van der Waals surface area contributed by atoms with E-state index in [1.54, 1.807) is 0 Å². The number of hydroxylamine groups is 1. The lowest BCUT2D eigenvalue weighted by Gasteiger charge is -2.06. The fraction of sp³-hybridized carbons (Fsp3) is 0.583. The Morgan fingerprint density at radius 2 is 2.12 bits per heavy atom. The fourth-order valence-electron chi connectivity index (χ4n) is 1.02. The van der Waals surface area contributed by atoms with Gasteiger partial charge in [0.15, 0.2) is 0 Å². The average molecular weight is 225 g/mol. The van der Waals surface area contributed by atoms with Gasteiger partial charge in [0.2, 0.25) is 0 Å². The second kappa shape index (κ2) is 10.5. The summed E-state index contributed by atoms with van der Waals surface area (Å²) in [5, 5.41) is 3.14. The largest absolute Gasteiger partial charge is 0.329 e. The monoisotopic (exact) mass is 225 g/mol. The van der Waals surface area contributed by atoms with Crippen LogP contribution >= 0.6 is 0 Å². The number of hydrogen-bond acceptors (Lipinski definition) is 4. The minimum absolute atomic E-state index is 0.589. The van der Waals surface area contributed by atoms with Crippen LogP contribution in [-0.4, -0.2) is 26.2 Å². The third-order valence-corrected chi connectivity index (χ3v) is 1.60.